The summed E-state index contributed by atoms with van der Waals surface area (Å²) in [6.45, 7) is 2.54. The van der Waals surface area contributed by atoms with Crippen LogP contribution < -0.4 is 15.4 Å². The van der Waals surface area contributed by atoms with Gasteiger partial charge in [0.2, 0.25) is 11.9 Å². The van der Waals surface area contributed by atoms with Gasteiger partial charge in [0.25, 0.3) is 0 Å². The molecule has 1 aromatic carbocycles. The van der Waals surface area contributed by atoms with E-state index in [9.17, 15) is 4.79 Å². The smallest absolute Gasteiger partial charge is 0.230 e. The second kappa shape index (κ2) is 8.20. The van der Waals surface area contributed by atoms with Crippen LogP contribution in [0, 0.1) is 0 Å². The Balaban J connectivity index is 1.54. The number of carbonyl (C=O) groups excluding carboxylic acids is 1. The van der Waals surface area contributed by atoms with Crippen LogP contribution >= 0.6 is 11.3 Å². The molecule has 0 atom stereocenters. The van der Waals surface area contributed by atoms with E-state index in [-0.39, 0.29) is 12.3 Å². The molecule has 8 heteroatoms. The first-order chi connectivity index (χ1) is 12.2. The Kier molecular flexibility index (Phi) is 5.53. The maximum absolute atomic E-state index is 12.1. The van der Waals surface area contributed by atoms with Crippen LogP contribution in [0.1, 0.15) is 12.6 Å². The van der Waals surface area contributed by atoms with Crippen LogP contribution in [0.4, 0.5) is 16.8 Å². The maximum Gasteiger partial charge on any atom is 0.230 e. The van der Waals surface area contributed by atoms with Gasteiger partial charge in [-0.2, -0.15) is 0 Å². The van der Waals surface area contributed by atoms with Crippen LogP contribution in [-0.4, -0.2) is 27.5 Å². The molecule has 0 radical (unpaired) electrons. The Hall–Kier alpha value is -3.00. The van der Waals surface area contributed by atoms with Crippen molar-refractivity contribution in [1.82, 2.24) is 15.0 Å². The minimum Gasteiger partial charge on any atom is -0.494 e. The fraction of sp³-hybridized carbons (Fsp3) is 0.176. The quantitative estimate of drug-likeness (QED) is 0.676. The molecule has 0 saturated heterocycles. The van der Waals surface area contributed by atoms with Crippen LogP contribution in [0.5, 0.6) is 5.75 Å². The Morgan fingerprint density at radius 1 is 1.20 bits per heavy atom. The number of aromatic nitrogens is 3. The predicted molar refractivity (Wildman–Crippen MR) is 97.4 cm³/mol. The van der Waals surface area contributed by atoms with Gasteiger partial charge in [-0.05, 0) is 37.3 Å². The molecule has 0 saturated carbocycles. The van der Waals surface area contributed by atoms with E-state index in [1.807, 2.05) is 36.6 Å². The molecule has 1 amide bonds. The van der Waals surface area contributed by atoms with Crippen molar-refractivity contribution in [2.45, 2.75) is 13.3 Å². The summed E-state index contributed by atoms with van der Waals surface area (Å²) in [5.74, 6) is 1.12. The Labute approximate surface area is 149 Å². The third kappa shape index (κ3) is 4.98. The molecule has 0 spiro atoms. The lowest BCUT2D eigenvalue weighted by Gasteiger charge is -2.06. The van der Waals surface area contributed by atoms with E-state index in [1.54, 1.807) is 18.5 Å². The van der Waals surface area contributed by atoms with E-state index in [2.05, 4.69) is 25.6 Å². The lowest BCUT2D eigenvalue weighted by molar-refractivity contribution is -0.115. The summed E-state index contributed by atoms with van der Waals surface area (Å²) >= 11 is 1.40. The number of amides is 1. The van der Waals surface area contributed by atoms with Gasteiger partial charge < -0.3 is 15.4 Å². The molecule has 2 N–H and O–H groups in total. The zero-order valence-electron chi connectivity index (χ0n) is 13.6. The van der Waals surface area contributed by atoms with Crippen LogP contribution in [-0.2, 0) is 11.2 Å². The molecule has 0 bridgehead atoms. The van der Waals surface area contributed by atoms with Gasteiger partial charge in [-0.25, -0.2) is 15.0 Å². The standard InChI is InChI=1S/C17H17N5O2S/c1-2-24-14-6-4-12(5-7-14)20-15(23)10-13-11-25-17(21-13)22-16-18-8-3-9-19-16/h3-9,11H,2,10H2,1H3,(H,20,23)(H,18,19,21,22). The first kappa shape index (κ1) is 16.8. The van der Waals surface area contributed by atoms with Crippen molar-refractivity contribution >= 4 is 34.0 Å². The largest absolute Gasteiger partial charge is 0.494 e. The fourth-order valence-electron chi connectivity index (χ4n) is 2.08. The highest BCUT2D eigenvalue weighted by Crippen LogP contribution is 2.19. The third-order valence-corrected chi connectivity index (χ3v) is 3.93. The van der Waals surface area contributed by atoms with Crippen LogP contribution in [0.2, 0.25) is 0 Å². The van der Waals surface area contributed by atoms with Gasteiger partial charge in [0, 0.05) is 23.5 Å². The van der Waals surface area contributed by atoms with E-state index < -0.39 is 0 Å². The number of ether oxygens (including phenoxy) is 1. The molecular formula is C17H17N5O2S. The number of carbonyl (C=O) groups is 1. The number of thiazole rings is 1. The third-order valence-electron chi connectivity index (χ3n) is 3.13. The van der Waals surface area contributed by atoms with Crippen molar-refractivity contribution in [3.8, 4) is 5.75 Å². The SMILES string of the molecule is CCOc1ccc(NC(=O)Cc2csc(Nc3ncccn3)n2)cc1. The molecule has 7 nitrogen and oxygen atoms in total. The van der Waals surface area contributed by atoms with Crippen molar-refractivity contribution in [1.29, 1.82) is 0 Å². The van der Waals surface area contributed by atoms with Gasteiger partial charge in [0.15, 0.2) is 5.13 Å². The monoisotopic (exact) mass is 355 g/mol. The number of rotatable bonds is 7. The van der Waals surface area contributed by atoms with E-state index >= 15 is 0 Å². The number of nitrogens with zero attached hydrogens (tertiary/aromatic N) is 3. The normalized spacial score (nSPS) is 10.3. The summed E-state index contributed by atoms with van der Waals surface area (Å²) in [4.78, 5) is 24.7. The summed E-state index contributed by atoms with van der Waals surface area (Å²) in [5, 5.41) is 8.33. The van der Waals surface area contributed by atoms with Gasteiger partial charge in [-0.1, -0.05) is 0 Å². The molecule has 2 aromatic heterocycles. The van der Waals surface area contributed by atoms with Crippen molar-refractivity contribution in [3.63, 3.8) is 0 Å². The molecule has 25 heavy (non-hydrogen) atoms. The molecule has 3 aromatic rings. The zero-order chi connectivity index (χ0) is 17.5. The Morgan fingerprint density at radius 3 is 2.68 bits per heavy atom. The average Bonchev–Trinajstić information content (AvgIpc) is 3.04. The van der Waals surface area contributed by atoms with E-state index in [1.165, 1.54) is 11.3 Å². The highest BCUT2D eigenvalue weighted by atomic mass is 32.1. The van der Waals surface area contributed by atoms with E-state index in [4.69, 9.17) is 4.74 Å². The van der Waals surface area contributed by atoms with Crippen LogP contribution in [0.15, 0.2) is 48.1 Å². The first-order valence-corrected chi connectivity index (χ1v) is 8.62. The van der Waals surface area contributed by atoms with E-state index in [0.29, 0.717) is 23.4 Å². The predicted octanol–water partition coefficient (Wildman–Crippen LogP) is 3.26. The summed E-state index contributed by atoms with van der Waals surface area (Å²) < 4.78 is 5.37. The van der Waals surface area contributed by atoms with Crippen LogP contribution in [0.3, 0.4) is 0 Å². The molecule has 2 heterocycles. The van der Waals surface area contributed by atoms with Gasteiger partial charge in [0.1, 0.15) is 5.75 Å². The summed E-state index contributed by atoms with van der Waals surface area (Å²) in [7, 11) is 0. The Bertz CT molecular complexity index is 821. The molecule has 0 fully saturated rings. The van der Waals surface area contributed by atoms with Gasteiger partial charge in [-0.15, -0.1) is 11.3 Å². The van der Waals surface area contributed by atoms with Gasteiger partial charge in [0.05, 0.1) is 18.7 Å². The van der Waals surface area contributed by atoms with Crippen molar-refractivity contribution in [2.24, 2.45) is 0 Å². The summed E-state index contributed by atoms with van der Waals surface area (Å²) in [5.41, 5.74) is 1.41. The number of benzene rings is 1. The lowest BCUT2D eigenvalue weighted by atomic mass is 10.2. The van der Waals surface area contributed by atoms with Crippen molar-refractivity contribution < 1.29 is 9.53 Å². The molecule has 0 aliphatic carbocycles. The highest BCUT2D eigenvalue weighted by molar-refractivity contribution is 7.13. The van der Waals surface area contributed by atoms with Crippen LogP contribution in [0.25, 0.3) is 0 Å². The minimum atomic E-state index is -0.128. The lowest BCUT2D eigenvalue weighted by Crippen LogP contribution is -2.14. The molecule has 0 unspecified atom stereocenters. The number of hydrogen-bond donors (Lipinski definition) is 2. The van der Waals surface area contributed by atoms with Gasteiger partial charge >= 0.3 is 0 Å². The van der Waals surface area contributed by atoms with Crippen molar-refractivity contribution in [3.05, 3.63) is 53.8 Å². The number of nitrogens with one attached hydrogen (secondary N) is 2. The second-order valence-electron chi connectivity index (χ2n) is 5.02. The van der Waals surface area contributed by atoms with E-state index in [0.717, 1.165) is 11.4 Å². The Morgan fingerprint density at radius 2 is 1.96 bits per heavy atom. The fourth-order valence-corrected chi connectivity index (χ4v) is 2.78. The molecule has 128 valence electrons. The zero-order valence-corrected chi connectivity index (χ0v) is 14.4. The number of anilines is 3. The summed E-state index contributed by atoms with van der Waals surface area (Å²) in [6, 6.07) is 9.00. The first-order valence-electron chi connectivity index (χ1n) is 7.74. The second-order valence-corrected chi connectivity index (χ2v) is 5.88. The van der Waals surface area contributed by atoms with Crippen molar-refractivity contribution in [2.75, 3.05) is 17.2 Å². The average molecular weight is 355 g/mol. The maximum atomic E-state index is 12.1. The highest BCUT2D eigenvalue weighted by Gasteiger charge is 2.09. The topological polar surface area (TPSA) is 89.0 Å². The molecule has 0 aliphatic rings. The minimum absolute atomic E-state index is 0.128. The molecule has 3 rings (SSSR count). The molecular weight excluding hydrogens is 338 g/mol. The molecule has 0 aliphatic heterocycles. The number of hydrogen-bond acceptors (Lipinski definition) is 7. The van der Waals surface area contributed by atoms with Gasteiger partial charge in [-0.3, -0.25) is 4.79 Å². The summed E-state index contributed by atoms with van der Waals surface area (Å²) in [6.07, 6.45) is 3.49.